The van der Waals surface area contributed by atoms with Gasteiger partial charge in [-0.2, -0.15) is 0 Å². The summed E-state index contributed by atoms with van der Waals surface area (Å²) in [5, 5.41) is 2.11. The summed E-state index contributed by atoms with van der Waals surface area (Å²) in [5.41, 5.74) is 3.97. The van der Waals surface area contributed by atoms with Gasteiger partial charge in [0.25, 0.3) is 0 Å². The lowest BCUT2D eigenvalue weighted by atomic mass is 10.0. The van der Waals surface area contributed by atoms with Crippen LogP contribution in [0.1, 0.15) is 30.4 Å². The Balaban J connectivity index is 1.37. The number of halogens is 1. The fourth-order valence-corrected chi connectivity index (χ4v) is 4.39. The molecule has 3 nitrogen and oxygen atoms in total. The van der Waals surface area contributed by atoms with Crippen LogP contribution >= 0.6 is 11.6 Å². The number of H-pyrrole nitrogens is 1. The van der Waals surface area contributed by atoms with E-state index in [1.54, 1.807) is 7.11 Å². The Bertz CT molecular complexity index is 887. The predicted molar refractivity (Wildman–Crippen MR) is 113 cm³/mol. The number of nitrogens with zero attached hydrogens (tertiary/aromatic N) is 1. The molecule has 4 heteroatoms. The van der Waals surface area contributed by atoms with Gasteiger partial charge >= 0.3 is 0 Å². The van der Waals surface area contributed by atoms with Gasteiger partial charge in [0, 0.05) is 28.2 Å². The summed E-state index contributed by atoms with van der Waals surface area (Å²) in [6, 6.07) is 15.2. The highest BCUT2D eigenvalue weighted by molar-refractivity contribution is 6.30. The minimum Gasteiger partial charge on any atom is -0.497 e. The van der Waals surface area contributed by atoms with Crippen molar-refractivity contribution in [2.75, 3.05) is 20.2 Å². The zero-order valence-electron chi connectivity index (χ0n) is 15.9. The van der Waals surface area contributed by atoms with Gasteiger partial charge < -0.3 is 14.6 Å². The van der Waals surface area contributed by atoms with Gasteiger partial charge in [0.05, 0.1) is 7.11 Å². The van der Waals surface area contributed by atoms with Crippen LogP contribution in [-0.2, 0) is 12.8 Å². The smallest absolute Gasteiger partial charge is 0.119 e. The van der Waals surface area contributed by atoms with Gasteiger partial charge in [-0.05, 0) is 86.7 Å². The number of aromatic amines is 1. The van der Waals surface area contributed by atoms with Gasteiger partial charge in [0.2, 0.25) is 0 Å². The molecule has 1 N–H and O–H groups in total. The molecule has 0 aliphatic carbocycles. The molecule has 1 aliphatic rings. The van der Waals surface area contributed by atoms with E-state index in [9.17, 15) is 0 Å². The fraction of sp³-hybridized carbons (Fsp3) is 0.391. The van der Waals surface area contributed by atoms with Crippen LogP contribution in [0.25, 0.3) is 10.9 Å². The Labute approximate surface area is 166 Å². The van der Waals surface area contributed by atoms with Crippen LogP contribution in [0.5, 0.6) is 5.75 Å². The predicted octanol–water partition coefficient (Wildman–Crippen LogP) is 5.47. The van der Waals surface area contributed by atoms with Crippen LogP contribution in [0.2, 0.25) is 5.02 Å². The van der Waals surface area contributed by atoms with E-state index >= 15 is 0 Å². The van der Waals surface area contributed by atoms with E-state index < -0.39 is 0 Å². The number of benzene rings is 2. The molecule has 1 aliphatic heterocycles. The third kappa shape index (κ3) is 4.31. The zero-order chi connectivity index (χ0) is 18.6. The Kier molecular flexibility index (Phi) is 5.70. The maximum Gasteiger partial charge on any atom is 0.119 e. The average Bonchev–Trinajstić information content (AvgIpc) is 3.30. The molecule has 27 heavy (non-hydrogen) atoms. The molecule has 4 rings (SSSR count). The number of aryl methyl sites for hydroxylation is 1. The normalized spacial score (nSPS) is 17.6. The zero-order valence-corrected chi connectivity index (χ0v) is 16.6. The molecular weight excluding hydrogens is 356 g/mol. The van der Waals surface area contributed by atoms with Crippen LogP contribution in [0, 0.1) is 0 Å². The van der Waals surface area contributed by atoms with Crippen molar-refractivity contribution in [3.8, 4) is 5.75 Å². The van der Waals surface area contributed by atoms with Gasteiger partial charge in [-0.3, -0.25) is 0 Å². The lowest BCUT2D eigenvalue weighted by molar-refractivity contribution is 0.250. The van der Waals surface area contributed by atoms with Crippen molar-refractivity contribution in [3.63, 3.8) is 0 Å². The minimum atomic E-state index is 0.639. The maximum atomic E-state index is 5.98. The number of likely N-dealkylation sites (tertiary alicyclic amines) is 1. The topological polar surface area (TPSA) is 28.3 Å². The second-order valence-electron chi connectivity index (χ2n) is 7.49. The van der Waals surface area contributed by atoms with Crippen LogP contribution in [-0.4, -0.2) is 36.1 Å². The highest BCUT2D eigenvalue weighted by Gasteiger charge is 2.25. The summed E-state index contributed by atoms with van der Waals surface area (Å²) < 4.78 is 5.41. The molecule has 2 heterocycles. The molecule has 0 bridgehead atoms. The third-order valence-electron chi connectivity index (χ3n) is 5.75. The number of nitrogens with one attached hydrogen (secondary N) is 1. The van der Waals surface area contributed by atoms with E-state index in [0.29, 0.717) is 6.04 Å². The van der Waals surface area contributed by atoms with Gasteiger partial charge in [0.1, 0.15) is 5.75 Å². The monoisotopic (exact) mass is 382 g/mol. The van der Waals surface area contributed by atoms with Crippen molar-refractivity contribution in [1.29, 1.82) is 0 Å². The molecule has 3 aromatic rings. The molecule has 0 spiro atoms. The number of aromatic nitrogens is 1. The van der Waals surface area contributed by atoms with Crippen molar-refractivity contribution in [2.45, 2.75) is 38.1 Å². The number of rotatable bonds is 7. The van der Waals surface area contributed by atoms with E-state index in [0.717, 1.165) is 23.6 Å². The van der Waals surface area contributed by atoms with Gasteiger partial charge in [0.15, 0.2) is 0 Å². The first-order valence-electron chi connectivity index (χ1n) is 9.85. The van der Waals surface area contributed by atoms with Crippen LogP contribution in [0.3, 0.4) is 0 Å². The number of ether oxygens (including phenoxy) is 1. The van der Waals surface area contributed by atoms with E-state index in [4.69, 9.17) is 16.3 Å². The van der Waals surface area contributed by atoms with E-state index in [1.807, 2.05) is 18.2 Å². The molecule has 1 saturated heterocycles. The van der Waals surface area contributed by atoms with Crippen LogP contribution in [0.15, 0.2) is 48.7 Å². The van der Waals surface area contributed by atoms with Gasteiger partial charge in [-0.1, -0.05) is 23.7 Å². The van der Waals surface area contributed by atoms with Crippen molar-refractivity contribution in [3.05, 3.63) is 64.8 Å². The minimum absolute atomic E-state index is 0.639. The largest absolute Gasteiger partial charge is 0.497 e. The fourth-order valence-electron chi connectivity index (χ4n) is 4.27. The quantitative estimate of drug-likeness (QED) is 0.586. The molecule has 0 radical (unpaired) electrons. The first kappa shape index (κ1) is 18.4. The van der Waals surface area contributed by atoms with Crippen LogP contribution < -0.4 is 4.74 Å². The Morgan fingerprint density at radius 2 is 2.04 bits per heavy atom. The Morgan fingerprint density at radius 1 is 1.19 bits per heavy atom. The summed E-state index contributed by atoms with van der Waals surface area (Å²) in [5.74, 6) is 0.926. The maximum absolute atomic E-state index is 5.98. The summed E-state index contributed by atoms with van der Waals surface area (Å²) in [7, 11) is 1.73. The highest BCUT2D eigenvalue weighted by Crippen LogP contribution is 2.28. The van der Waals surface area contributed by atoms with Gasteiger partial charge in [-0.15, -0.1) is 0 Å². The number of hydrogen-bond donors (Lipinski definition) is 1. The van der Waals surface area contributed by atoms with Crippen molar-refractivity contribution >= 4 is 22.5 Å². The average molecular weight is 383 g/mol. The first-order chi connectivity index (χ1) is 13.2. The standard InChI is InChI=1S/C23H27ClN2O/c1-27-21-10-11-23-22(15-21)18(16-25-23)14-20-5-3-13-26(20)12-2-4-17-6-8-19(24)9-7-17/h6-11,15-16,20,25H,2-5,12-14H2,1H3/t20-/m1/s1. The summed E-state index contributed by atoms with van der Waals surface area (Å²) >= 11 is 5.98. The van der Waals surface area contributed by atoms with Crippen LogP contribution in [0.4, 0.5) is 0 Å². The van der Waals surface area contributed by atoms with E-state index in [2.05, 4.69) is 40.3 Å². The Hall–Kier alpha value is -1.97. The SMILES string of the molecule is COc1ccc2[nH]cc(C[C@H]3CCCN3CCCc3ccc(Cl)cc3)c2c1. The molecular formula is C23H27ClN2O. The van der Waals surface area contributed by atoms with Crippen molar-refractivity contribution < 1.29 is 4.74 Å². The Morgan fingerprint density at radius 3 is 2.85 bits per heavy atom. The highest BCUT2D eigenvalue weighted by atomic mass is 35.5. The molecule has 0 saturated carbocycles. The molecule has 1 fully saturated rings. The number of fused-ring (bicyclic) bond motifs is 1. The molecule has 1 atom stereocenters. The van der Waals surface area contributed by atoms with Crippen molar-refractivity contribution in [1.82, 2.24) is 9.88 Å². The lowest BCUT2D eigenvalue weighted by Gasteiger charge is -2.24. The second-order valence-corrected chi connectivity index (χ2v) is 7.93. The summed E-state index contributed by atoms with van der Waals surface area (Å²) in [6.07, 6.45) is 8.18. The van der Waals surface area contributed by atoms with Crippen molar-refractivity contribution in [2.24, 2.45) is 0 Å². The molecule has 2 aromatic carbocycles. The molecule has 0 unspecified atom stereocenters. The van der Waals surface area contributed by atoms with Gasteiger partial charge in [-0.25, -0.2) is 0 Å². The molecule has 1 aromatic heterocycles. The second kappa shape index (κ2) is 8.37. The number of methoxy groups -OCH3 is 1. The number of hydrogen-bond acceptors (Lipinski definition) is 2. The van der Waals surface area contributed by atoms with E-state index in [-0.39, 0.29) is 0 Å². The molecule has 0 amide bonds. The first-order valence-corrected chi connectivity index (χ1v) is 10.2. The molecule has 142 valence electrons. The third-order valence-corrected chi connectivity index (χ3v) is 6.01. The van der Waals surface area contributed by atoms with E-state index in [1.165, 1.54) is 54.4 Å². The lowest BCUT2D eigenvalue weighted by Crippen LogP contribution is -2.32. The summed E-state index contributed by atoms with van der Waals surface area (Å²) in [6.45, 7) is 2.38. The summed E-state index contributed by atoms with van der Waals surface area (Å²) in [4.78, 5) is 6.09.